The van der Waals surface area contributed by atoms with Crippen LogP contribution >= 0.6 is 0 Å². The molecule has 0 aliphatic heterocycles. The number of ketones is 1. The van der Waals surface area contributed by atoms with Crippen molar-refractivity contribution >= 4 is 5.78 Å². The van der Waals surface area contributed by atoms with Crippen LogP contribution in [0.1, 0.15) is 33.6 Å². The number of carbonyl (C=O) groups is 1. The number of allylic oxidation sites excluding steroid dienone is 1. The summed E-state index contributed by atoms with van der Waals surface area (Å²) < 4.78 is 0. The Labute approximate surface area is 80.4 Å². The van der Waals surface area contributed by atoms with Gasteiger partial charge >= 0.3 is 0 Å². The van der Waals surface area contributed by atoms with Crippen LogP contribution in [0.2, 0.25) is 0 Å². The van der Waals surface area contributed by atoms with E-state index in [1.807, 2.05) is 6.92 Å². The molecule has 1 saturated carbocycles. The maximum absolute atomic E-state index is 11.8. The van der Waals surface area contributed by atoms with Gasteiger partial charge in [0.05, 0.1) is 6.04 Å². The normalized spacial score (nSPS) is 18.5. The third kappa shape index (κ3) is 2.87. The summed E-state index contributed by atoms with van der Waals surface area (Å²) in [6.45, 7) is 9.82. The van der Waals surface area contributed by atoms with E-state index in [0.29, 0.717) is 17.6 Å². The van der Waals surface area contributed by atoms with E-state index < -0.39 is 0 Å². The topological polar surface area (TPSA) is 29.1 Å². The van der Waals surface area contributed by atoms with Crippen molar-refractivity contribution in [3.05, 3.63) is 12.3 Å². The van der Waals surface area contributed by atoms with Gasteiger partial charge in [-0.2, -0.15) is 0 Å². The zero-order valence-corrected chi connectivity index (χ0v) is 8.76. The van der Waals surface area contributed by atoms with Crippen molar-refractivity contribution in [1.29, 1.82) is 0 Å². The summed E-state index contributed by atoms with van der Waals surface area (Å²) in [4.78, 5) is 11.8. The van der Waals surface area contributed by atoms with E-state index in [1.54, 1.807) is 0 Å². The second-order valence-electron chi connectivity index (χ2n) is 4.32. The Morgan fingerprint density at radius 2 is 2.00 bits per heavy atom. The minimum absolute atomic E-state index is 0.0231. The maximum Gasteiger partial charge on any atom is 0.158 e. The molecule has 0 spiro atoms. The van der Waals surface area contributed by atoms with Gasteiger partial charge in [-0.25, -0.2) is 0 Å². The molecule has 1 atom stereocenters. The van der Waals surface area contributed by atoms with E-state index in [1.165, 1.54) is 0 Å². The molecular weight excluding hydrogens is 162 g/mol. The molecule has 13 heavy (non-hydrogen) atoms. The SMILES string of the molecule is C=C(C)NC(C(=O)C1CC1)C(C)C. The highest BCUT2D eigenvalue weighted by atomic mass is 16.1. The standard InChI is InChI=1S/C11H19NO/c1-7(2)10(12-8(3)4)11(13)9-5-6-9/h7,9-10,12H,3,5-6H2,1-2,4H3. The molecule has 1 unspecified atom stereocenters. The number of hydrogen-bond acceptors (Lipinski definition) is 2. The van der Waals surface area contributed by atoms with E-state index in [4.69, 9.17) is 0 Å². The minimum Gasteiger partial charge on any atom is -0.379 e. The van der Waals surface area contributed by atoms with Crippen molar-refractivity contribution in [2.75, 3.05) is 0 Å². The summed E-state index contributed by atoms with van der Waals surface area (Å²) in [5.74, 6) is 1.06. The van der Waals surface area contributed by atoms with E-state index in [9.17, 15) is 4.79 Å². The highest BCUT2D eigenvalue weighted by Crippen LogP contribution is 2.32. The lowest BCUT2D eigenvalue weighted by Gasteiger charge is -2.22. The van der Waals surface area contributed by atoms with Crippen LogP contribution in [0, 0.1) is 11.8 Å². The molecule has 2 nitrogen and oxygen atoms in total. The molecule has 0 aromatic carbocycles. The third-order valence-electron chi connectivity index (χ3n) is 2.35. The second-order valence-corrected chi connectivity index (χ2v) is 4.32. The molecule has 0 heterocycles. The van der Waals surface area contributed by atoms with Crippen molar-refractivity contribution in [3.63, 3.8) is 0 Å². The molecule has 1 aliphatic rings. The fourth-order valence-corrected chi connectivity index (χ4v) is 1.45. The lowest BCUT2D eigenvalue weighted by atomic mass is 9.97. The van der Waals surface area contributed by atoms with Crippen LogP contribution < -0.4 is 5.32 Å². The minimum atomic E-state index is -0.0231. The monoisotopic (exact) mass is 181 g/mol. The smallest absolute Gasteiger partial charge is 0.158 e. The van der Waals surface area contributed by atoms with Crippen LogP contribution in [0.3, 0.4) is 0 Å². The van der Waals surface area contributed by atoms with Gasteiger partial charge in [0.15, 0.2) is 5.78 Å². The molecule has 1 N–H and O–H groups in total. The zero-order valence-electron chi connectivity index (χ0n) is 8.76. The van der Waals surface area contributed by atoms with E-state index >= 15 is 0 Å². The van der Waals surface area contributed by atoms with Gasteiger partial charge in [-0.05, 0) is 25.7 Å². The molecule has 0 aromatic rings. The Morgan fingerprint density at radius 3 is 2.31 bits per heavy atom. The van der Waals surface area contributed by atoms with Crippen LogP contribution in [-0.2, 0) is 4.79 Å². The van der Waals surface area contributed by atoms with Crippen molar-refractivity contribution in [2.24, 2.45) is 11.8 Å². The molecule has 0 saturated heterocycles. The van der Waals surface area contributed by atoms with Crippen molar-refractivity contribution < 1.29 is 4.79 Å². The molecule has 1 aliphatic carbocycles. The van der Waals surface area contributed by atoms with Crippen LogP contribution in [-0.4, -0.2) is 11.8 Å². The zero-order chi connectivity index (χ0) is 10.0. The predicted octanol–water partition coefficient (Wildman–Crippen LogP) is 2.11. The summed E-state index contributed by atoms with van der Waals surface area (Å²) in [7, 11) is 0. The second kappa shape index (κ2) is 3.95. The molecule has 74 valence electrons. The summed E-state index contributed by atoms with van der Waals surface area (Å²) in [6, 6.07) is -0.0231. The molecular formula is C11H19NO. The van der Waals surface area contributed by atoms with Crippen molar-refractivity contribution in [2.45, 2.75) is 39.7 Å². The Balaban J connectivity index is 2.55. The summed E-state index contributed by atoms with van der Waals surface area (Å²) >= 11 is 0. The first kappa shape index (κ1) is 10.3. The lowest BCUT2D eigenvalue weighted by molar-refractivity contribution is -0.123. The average molecular weight is 181 g/mol. The summed E-state index contributed by atoms with van der Waals surface area (Å²) in [6.07, 6.45) is 2.17. The van der Waals surface area contributed by atoms with Crippen LogP contribution in [0.5, 0.6) is 0 Å². The van der Waals surface area contributed by atoms with Crippen molar-refractivity contribution in [3.8, 4) is 0 Å². The highest BCUT2D eigenvalue weighted by Gasteiger charge is 2.35. The Hall–Kier alpha value is -0.790. The first-order chi connectivity index (χ1) is 6.02. The van der Waals surface area contributed by atoms with E-state index in [0.717, 1.165) is 18.5 Å². The molecule has 1 fully saturated rings. The fraction of sp³-hybridized carbons (Fsp3) is 0.727. The van der Waals surface area contributed by atoms with Gasteiger partial charge in [-0.15, -0.1) is 0 Å². The van der Waals surface area contributed by atoms with Crippen LogP contribution in [0.25, 0.3) is 0 Å². The Kier molecular flexibility index (Phi) is 3.12. The lowest BCUT2D eigenvalue weighted by Crippen LogP contribution is -2.40. The van der Waals surface area contributed by atoms with Gasteiger partial charge in [0.25, 0.3) is 0 Å². The van der Waals surface area contributed by atoms with Gasteiger partial charge in [-0.1, -0.05) is 20.4 Å². The first-order valence-corrected chi connectivity index (χ1v) is 4.98. The van der Waals surface area contributed by atoms with Crippen LogP contribution in [0.4, 0.5) is 0 Å². The van der Waals surface area contributed by atoms with Gasteiger partial charge in [0, 0.05) is 11.6 Å². The highest BCUT2D eigenvalue weighted by molar-refractivity contribution is 5.88. The fourth-order valence-electron chi connectivity index (χ4n) is 1.45. The van der Waals surface area contributed by atoms with E-state index in [-0.39, 0.29) is 6.04 Å². The number of nitrogens with one attached hydrogen (secondary N) is 1. The molecule has 0 bridgehead atoms. The molecule has 0 amide bonds. The largest absolute Gasteiger partial charge is 0.379 e. The van der Waals surface area contributed by atoms with Crippen LogP contribution in [0.15, 0.2) is 12.3 Å². The number of Topliss-reactive ketones (excluding diaryl/α,β-unsaturated/α-hetero) is 1. The Bertz CT molecular complexity index is 216. The molecule has 0 aromatic heterocycles. The van der Waals surface area contributed by atoms with Crippen molar-refractivity contribution in [1.82, 2.24) is 5.32 Å². The number of hydrogen-bond donors (Lipinski definition) is 1. The molecule has 2 heteroatoms. The quantitative estimate of drug-likeness (QED) is 0.704. The average Bonchev–Trinajstić information content (AvgIpc) is 2.80. The Morgan fingerprint density at radius 1 is 1.46 bits per heavy atom. The predicted molar refractivity (Wildman–Crippen MR) is 54.3 cm³/mol. The van der Waals surface area contributed by atoms with Gasteiger partial charge in [0.2, 0.25) is 0 Å². The summed E-state index contributed by atoms with van der Waals surface area (Å²) in [5, 5.41) is 3.16. The molecule has 1 rings (SSSR count). The van der Waals surface area contributed by atoms with E-state index in [2.05, 4.69) is 25.7 Å². The molecule has 0 radical (unpaired) electrons. The number of rotatable bonds is 5. The van der Waals surface area contributed by atoms with Gasteiger partial charge < -0.3 is 5.32 Å². The third-order valence-corrected chi connectivity index (χ3v) is 2.35. The van der Waals surface area contributed by atoms with Gasteiger partial charge in [0.1, 0.15) is 0 Å². The van der Waals surface area contributed by atoms with Gasteiger partial charge in [-0.3, -0.25) is 4.79 Å². The first-order valence-electron chi connectivity index (χ1n) is 4.98. The number of carbonyl (C=O) groups excluding carboxylic acids is 1. The summed E-state index contributed by atoms with van der Waals surface area (Å²) in [5.41, 5.74) is 0.882. The maximum atomic E-state index is 11.8.